The van der Waals surface area contributed by atoms with Crippen molar-refractivity contribution in [3.05, 3.63) is 102 Å². The molecule has 0 radical (unpaired) electrons. The number of carbonyl (C=O) groups is 2. The summed E-state index contributed by atoms with van der Waals surface area (Å²) in [6.07, 6.45) is 0. The van der Waals surface area contributed by atoms with Crippen molar-refractivity contribution in [3.63, 3.8) is 0 Å². The summed E-state index contributed by atoms with van der Waals surface area (Å²) in [7, 11) is 0. The zero-order valence-corrected chi connectivity index (χ0v) is 14.0. The van der Waals surface area contributed by atoms with Crippen molar-refractivity contribution in [2.75, 3.05) is 6.61 Å². The minimum absolute atomic E-state index is 0.194. The number of fused-ring (bicyclic) bond motifs is 1. The van der Waals surface area contributed by atoms with Crippen molar-refractivity contribution in [2.45, 2.75) is 6.04 Å². The van der Waals surface area contributed by atoms with Gasteiger partial charge in [0.15, 0.2) is 0 Å². The molecular formula is C22H17NO3. The Morgan fingerprint density at radius 3 is 1.77 bits per heavy atom. The van der Waals surface area contributed by atoms with Gasteiger partial charge in [-0.05, 0) is 29.8 Å². The molecule has 0 saturated heterocycles. The molecule has 0 N–H and O–H groups in total. The van der Waals surface area contributed by atoms with E-state index < -0.39 is 6.04 Å². The van der Waals surface area contributed by atoms with E-state index in [1.165, 1.54) is 4.90 Å². The molecule has 4 rings (SSSR count). The highest BCUT2D eigenvalue weighted by molar-refractivity contribution is 6.21. The summed E-state index contributed by atoms with van der Waals surface area (Å²) in [4.78, 5) is 27.1. The van der Waals surface area contributed by atoms with Gasteiger partial charge in [0, 0.05) is 0 Å². The van der Waals surface area contributed by atoms with Gasteiger partial charge in [0.05, 0.1) is 17.2 Å². The summed E-state index contributed by atoms with van der Waals surface area (Å²) in [6.45, 7) is 0.194. The molecule has 26 heavy (non-hydrogen) atoms. The van der Waals surface area contributed by atoms with Gasteiger partial charge < -0.3 is 4.74 Å². The van der Waals surface area contributed by atoms with Crippen molar-refractivity contribution in [2.24, 2.45) is 0 Å². The molecule has 1 heterocycles. The summed E-state index contributed by atoms with van der Waals surface area (Å²) in [5, 5.41) is 0. The predicted octanol–water partition coefficient (Wildman–Crippen LogP) is 4.10. The van der Waals surface area contributed by atoms with Gasteiger partial charge in [0.25, 0.3) is 11.8 Å². The zero-order valence-electron chi connectivity index (χ0n) is 14.0. The topological polar surface area (TPSA) is 46.6 Å². The van der Waals surface area contributed by atoms with Crippen LogP contribution < -0.4 is 4.74 Å². The van der Waals surface area contributed by atoms with Gasteiger partial charge in [0.1, 0.15) is 12.4 Å². The largest absolute Gasteiger partial charge is 0.491 e. The average molecular weight is 343 g/mol. The average Bonchev–Trinajstić information content (AvgIpc) is 2.95. The highest BCUT2D eigenvalue weighted by Gasteiger charge is 2.40. The molecule has 1 aliphatic rings. The number of rotatable bonds is 5. The Hall–Kier alpha value is -3.40. The van der Waals surface area contributed by atoms with Crippen molar-refractivity contribution in [3.8, 4) is 5.75 Å². The molecule has 4 nitrogen and oxygen atoms in total. The Balaban J connectivity index is 1.68. The number of carbonyl (C=O) groups excluding carboxylic acids is 2. The minimum atomic E-state index is -0.496. The summed E-state index contributed by atoms with van der Waals surface area (Å²) in [6, 6.07) is 25.3. The zero-order chi connectivity index (χ0) is 17.9. The normalized spacial score (nSPS) is 14.2. The number of hydrogen-bond donors (Lipinski definition) is 0. The maximum absolute atomic E-state index is 12.9. The van der Waals surface area contributed by atoms with Crippen molar-refractivity contribution in [1.82, 2.24) is 4.90 Å². The number of ether oxygens (including phenoxy) is 1. The maximum atomic E-state index is 12.9. The van der Waals surface area contributed by atoms with Crippen molar-refractivity contribution in [1.29, 1.82) is 0 Å². The van der Waals surface area contributed by atoms with E-state index in [0.717, 1.165) is 5.56 Å². The minimum Gasteiger partial charge on any atom is -0.491 e. The lowest BCUT2D eigenvalue weighted by molar-refractivity contribution is 0.0529. The number of benzene rings is 3. The number of amides is 2. The van der Waals surface area contributed by atoms with Crippen LogP contribution in [0.15, 0.2) is 84.9 Å². The molecule has 0 aromatic heterocycles. The molecule has 0 fully saturated rings. The van der Waals surface area contributed by atoms with Gasteiger partial charge in [-0.3, -0.25) is 14.5 Å². The van der Waals surface area contributed by atoms with E-state index in [1.807, 2.05) is 60.7 Å². The fourth-order valence-corrected chi connectivity index (χ4v) is 3.18. The van der Waals surface area contributed by atoms with Crippen LogP contribution in [-0.4, -0.2) is 23.3 Å². The van der Waals surface area contributed by atoms with Gasteiger partial charge >= 0.3 is 0 Å². The predicted molar refractivity (Wildman–Crippen MR) is 98.1 cm³/mol. The van der Waals surface area contributed by atoms with Crippen LogP contribution in [0.25, 0.3) is 0 Å². The molecule has 0 unspecified atom stereocenters. The van der Waals surface area contributed by atoms with Gasteiger partial charge in [-0.2, -0.15) is 0 Å². The molecule has 128 valence electrons. The molecule has 1 aliphatic heterocycles. The maximum Gasteiger partial charge on any atom is 0.262 e. The van der Waals surface area contributed by atoms with Crippen LogP contribution >= 0.6 is 0 Å². The quantitative estimate of drug-likeness (QED) is 0.655. The molecule has 0 saturated carbocycles. The monoisotopic (exact) mass is 343 g/mol. The van der Waals surface area contributed by atoms with Crippen molar-refractivity contribution >= 4 is 11.8 Å². The van der Waals surface area contributed by atoms with Crippen LogP contribution in [0.2, 0.25) is 0 Å². The van der Waals surface area contributed by atoms with E-state index in [1.54, 1.807) is 24.3 Å². The third-order valence-corrected chi connectivity index (χ3v) is 4.47. The van der Waals surface area contributed by atoms with Crippen LogP contribution in [0.3, 0.4) is 0 Å². The first-order chi connectivity index (χ1) is 12.8. The summed E-state index contributed by atoms with van der Waals surface area (Å²) in [5.74, 6) is 0.136. The second-order valence-electron chi connectivity index (χ2n) is 6.08. The van der Waals surface area contributed by atoms with E-state index in [-0.39, 0.29) is 18.4 Å². The number of imide groups is 1. The van der Waals surface area contributed by atoms with Crippen LogP contribution in [0.1, 0.15) is 32.3 Å². The molecule has 0 spiro atoms. The first kappa shape index (κ1) is 16.1. The lowest BCUT2D eigenvalue weighted by Crippen LogP contribution is -2.37. The highest BCUT2D eigenvalue weighted by atomic mass is 16.5. The Morgan fingerprint density at radius 2 is 1.19 bits per heavy atom. The molecular weight excluding hydrogens is 326 g/mol. The first-order valence-electron chi connectivity index (χ1n) is 8.45. The lowest BCUT2D eigenvalue weighted by atomic mass is 10.1. The summed E-state index contributed by atoms with van der Waals surface area (Å²) in [5.41, 5.74) is 1.74. The van der Waals surface area contributed by atoms with Crippen LogP contribution in [-0.2, 0) is 0 Å². The number of hydrogen-bond acceptors (Lipinski definition) is 3. The summed E-state index contributed by atoms with van der Waals surface area (Å²) >= 11 is 0. The van der Waals surface area contributed by atoms with E-state index in [9.17, 15) is 9.59 Å². The molecule has 4 heteroatoms. The SMILES string of the molecule is O=C1c2ccccc2C(=O)N1[C@H](COc1ccccc1)c1ccccc1. The Kier molecular flexibility index (Phi) is 4.23. The second kappa shape index (κ2) is 6.84. The summed E-state index contributed by atoms with van der Waals surface area (Å²) < 4.78 is 5.88. The van der Waals surface area contributed by atoms with Crippen LogP contribution in [0.5, 0.6) is 5.75 Å². The molecule has 0 bridgehead atoms. The smallest absolute Gasteiger partial charge is 0.262 e. The van der Waals surface area contributed by atoms with Gasteiger partial charge in [0.2, 0.25) is 0 Å². The Morgan fingerprint density at radius 1 is 0.692 bits per heavy atom. The molecule has 1 atom stereocenters. The first-order valence-corrected chi connectivity index (χ1v) is 8.45. The second-order valence-corrected chi connectivity index (χ2v) is 6.08. The van der Waals surface area contributed by atoms with Crippen molar-refractivity contribution < 1.29 is 14.3 Å². The fraction of sp³-hybridized carbons (Fsp3) is 0.0909. The van der Waals surface area contributed by atoms with Crippen LogP contribution in [0.4, 0.5) is 0 Å². The van der Waals surface area contributed by atoms with E-state index in [2.05, 4.69) is 0 Å². The van der Waals surface area contributed by atoms with E-state index in [4.69, 9.17) is 4.74 Å². The number of para-hydroxylation sites is 1. The Labute approximate surface area is 151 Å². The lowest BCUT2D eigenvalue weighted by Gasteiger charge is -2.26. The van der Waals surface area contributed by atoms with E-state index >= 15 is 0 Å². The Bertz CT molecular complexity index is 903. The van der Waals surface area contributed by atoms with E-state index in [0.29, 0.717) is 16.9 Å². The molecule has 3 aromatic rings. The number of nitrogens with zero attached hydrogens (tertiary/aromatic N) is 1. The van der Waals surface area contributed by atoms with Gasteiger partial charge in [-0.25, -0.2) is 0 Å². The fourth-order valence-electron chi connectivity index (χ4n) is 3.18. The van der Waals surface area contributed by atoms with Crippen LogP contribution in [0, 0.1) is 0 Å². The molecule has 0 aliphatic carbocycles. The highest BCUT2D eigenvalue weighted by Crippen LogP contribution is 2.32. The molecule has 3 aromatic carbocycles. The molecule has 2 amide bonds. The third-order valence-electron chi connectivity index (χ3n) is 4.47. The standard InChI is InChI=1S/C22H17NO3/c24-21-18-13-7-8-14-19(18)22(25)23(21)20(16-9-3-1-4-10-16)15-26-17-11-5-2-6-12-17/h1-14,20H,15H2/t20-/m1/s1. The van der Waals surface area contributed by atoms with Gasteiger partial charge in [-0.15, -0.1) is 0 Å². The van der Waals surface area contributed by atoms with Gasteiger partial charge in [-0.1, -0.05) is 60.7 Å². The third kappa shape index (κ3) is 2.86.